The van der Waals surface area contributed by atoms with Crippen molar-refractivity contribution in [1.82, 2.24) is 15.1 Å². The van der Waals surface area contributed by atoms with Gasteiger partial charge in [0.05, 0.1) is 17.3 Å². The molecule has 5 heteroatoms. The van der Waals surface area contributed by atoms with Crippen LogP contribution in [0.2, 0.25) is 0 Å². The number of aromatic nitrogens is 2. The van der Waals surface area contributed by atoms with E-state index in [0.29, 0.717) is 0 Å². The minimum absolute atomic E-state index is 0.168. The number of halogens is 1. The van der Waals surface area contributed by atoms with Gasteiger partial charge in [-0.15, -0.1) is 0 Å². The van der Waals surface area contributed by atoms with Crippen LogP contribution in [0.3, 0.4) is 0 Å². The molecule has 0 aromatic carbocycles. The Hall–Kier alpha value is -0.390. The molecule has 4 nitrogen and oxygen atoms in total. The van der Waals surface area contributed by atoms with Gasteiger partial charge in [0, 0.05) is 18.3 Å². The van der Waals surface area contributed by atoms with E-state index in [9.17, 15) is 5.11 Å². The van der Waals surface area contributed by atoms with Crippen molar-refractivity contribution in [2.75, 3.05) is 13.2 Å². The van der Waals surface area contributed by atoms with Crippen LogP contribution in [-0.2, 0) is 6.54 Å². The number of rotatable bonds is 7. The summed E-state index contributed by atoms with van der Waals surface area (Å²) in [6.07, 6.45) is 5.69. The van der Waals surface area contributed by atoms with Crippen LogP contribution < -0.4 is 5.32 Å². The summed E-state index contributed by atoms with van der Waals surface area (Å²) >= 11 is 3.37. The van der Waals surface area contributed by atoms with Crippen molar-refractivity contribution in [3.63, 3.8) is 0 Å². The molecule has 0 radical (unpaired) electrons. The highest BCUT2D eigenvalue weighted by Crippen LogP contribution is 2.13. The van der Waals surface area contributed by atoms with Crippen LogP contribution in [0.1, 0.15) is 26.7 Å². The molecule has 1 rings (SSSR count). The third kappa shape index (κ3) is 4.23. The Kier molecular flexibility index (Phi) is 5.44. The number of aliphatic hydroxyl groups is 1. The fourth-order valence-electron chi connectivity index (χ4n) is 1.74. The zero-order valence-corrected chi connectivity index (χ0v) is 11.5. The minimum Gasteiger partial charge on any atom is -0.394 e. The fourth-order valence-corrected chi connectivity index (χ4v) is 2.07. The van der Waals surface area contributed by atoms with Crippen LogP contribution in [0.4, 0.5) is 0 Å². The summed E-state index contributed by atoms with van der Waals surface area (Å²) in [5.41, 5.74) is -0.168. The predicted molar refractivity (Wildman–Crippen MR) is 68.3 cm³/mol. The number of nitrogens with zero attached hydrogens (tertiary/aromatic N) is 2. The molecule has 0 amide bonds. The van der Waals surface area contributed by atoms with Crippen molar-refractivity contribution in [2.24, 2.45) is 0 Å². The number of hydrogen-bond acceptors (Lipinski definition) is 3. The van der Waals surface area contributed by atoms with Crippen LogP contribution in [0.5, 0.6) is 0 Å². The maximum atomic E-state index is 9.33. The first-order valence-electron chi connectivity index (χ1n) is 5.63. The van der Waals surface area contributed by atoms with Gasteiger partial charge in [0.25, 0.3) is 0 Å². The monoisotopic (exact) mass is 289 g/mol. The first kappa shape index (κ1) is 13.7. The smallest absolute Gasteiger partial charge is 0.0632 e. The molecule has 0 fully saturated rings. The topological polar surface area (TPSA) is 50.1 Å². The van der Waals surface area contributed by atoms with Crippen molar-refractivity contribution < 1.29 is 5.11 Å². The maximum Gasteiger partial charge on any atom is 0.0632 e. The molecule has 0 saturated carbocycles. The maximum absolute atomic E-state index is 9.33. The molecule has 0 saturated heterocycles. The standard InChI is InChI=1S/C11H20BrN3O/c1-3-13-11(2,9-16)5-4-6-15-8-10(12)7-14-15/h7-8,13,16H,3-6,9H2,1-2H3. The molecule has 0 aliphatic rings. The van der Waals surface area contributed by atoms with E-state index in [0.717, 1.165) is 30.4 Å². The third-order valence-electron chi connectivity index (χ3n) is 2.67. The van der Waals surface area contributed by atoms with Gasteiger partial charge in [-0.1, -0.05) is 6.92 Å². The lowest BCUT2D eigenvalue weighted by molar-refractivity contribution is 0.163. The Balaban J connectivity index is 2.33. The van der Waals surface area contributed by atoms with Crippen molar-refractivity contribution in [3.8, 4) is 0 Å². The lowest BCUT2D eigenvalue weighted by Gasteiger charge is -2.28. The largest absolute Gasteiger partial charge is 0.394 e. The highest BCUT2D eigenvalue weighted by Gasteiger charge is 2.20. The summed E-state index contributed by atoms with van der Waals surface area (Å²) in [6.45, 7) is 6.04. The van der Waals surface area contributed by atoms with Gasteiger partial charge in [0.1, 0.15) is 0 Å². The molecule has 2 N–H and O–H groups in total. The van der Waals surface area contributed by atoms with Crippen LogP contribution in [-0.4, -0.2) is 33.6 Å². The highest BCUT2D eigenvalue weighted by molar-refractivity contribution is 9.10. The minimum atomic E-state index is -0.168. The Morgan fingerprint density at radius 1 is 1.62 bits per heavy atom. The molecule has 1 aromatic rings. The van der Waals surface area contributed by atoms with Gasteiger partial charge in [-0.25, -0.2) is 0 Å². The van der Waals surface area contributed by atoms with E-state index in [1.165, 1.54) is 0 Å². The Labute approximate surface area is 105 Å². The summed E-state index contributed by atoms with van der Waals surface area (Å²) in [5.74, 6) is 0. The van der Waals surface area contributed by atoms with Crippen LogP contribution >= 0.6 is 15.9 Å². The average molecular weight is 290 g/mol. The third-order valence-corrected chi connectivity index (χ3v) is 3.08. The van der Waals surface area contributed by atoms with E-state index in [1.807, 2.05) is 10.9 Å². The zero-order chi connectivity index (χ0) is 12.0. The molecule has 1 heterocycles. The summed E-state index contributed by atoms with van der Waals surface area (Å²) in [4.78, 5) is 0. The van der Waals surface area contributed by atoms with Gasteiger partial charge in [-0.2, -0.15) is 5.10 Å². The molecule has 0 spiro atoms. The second-order valence-corrected chi connectivity index (χ2v) is 5.19. The molecule has 0 aliphatic heterocycles. The first-order chi connectivity index (χ1) is 7.59. The average Bonchev–Trinajstić information content (AvgIpc) is 2.65. The summed E-state index contributed by atoms with van der Waals surface area (Å²) in [5, 5.41) is 16.8. The van der Waals surface area contributed by atoms with Gasteiger partial charge >= 0.3 is 0 Å². The van der Waals surface area contributed by atoms with Crippen molar-refractivity contribution >= 4 is 15.9 Å². The van der Waals surface area contributed by atoms with E-state index in [2.05, 4.69) is 40.2 Å². The molecule has 0 bridgehead atoms. The quantitative estimate of drug-likeness (QED) is 0.805. The van der Waals surface area contributed by atoms with Gasteiger partial charge in [-0.3, -0.25) is 4.68 Å². The number of hydrogen-bond donors (Lipinski definition) is 2. The Bertz CT molecular complexity index is 316. The molecule has 92 valence electrons. The van der Waals surface area contributed by atoms with E-state index in [-0.39, 0.29) is 12.1 Å². The fraction of sp³-hybridized carbons (Fsp3) is 0.727. The molecule has 0 aliphatic carbocycles. The summed E-state index contributed by atoms with van der Waals surface area (Å²) in [7, 11) is 0. The van der Waals surface area contributed by atoms with Gasteiger partial charge in [0.2, 0.25) is 0 Å². The predicted octanol–water partition coefficient (Wildman–Crippen LogP) is 1.79. The molecular weight excluding hydrogens is 270 g/mol. The summed E-state index contributed by atoms with van der Waals surface area (Å²) < 4.78 is 2.91. The van der Waals surface area contributed by atoms with E-state index >= 15 is 0 Å². The van der Waals surface area contributed by atoms with Crippen LogP contribution in [0.15, 0.2) is 16.9 Å². The number of nitrogens with one attached hydrogen (secondary N) is 1. The van der Waals surface area contributed by atoms with Crippen molar-refractivity contribution in [2.45, 2.75) is 38.8 Å². The number of aliphatic hydroxyl groups excluding tert-OH is 1. The SMILES string of the molecule is CCNC(C)(CO)CCCn1cc(Br)cn1. The lowest BCUT2D eigenvalue weighted by atomic mass is 9.97. The van der Waals surface area contributed by atoms with E-state index < -0.39 is 0 Å². The van der Waals surface area contributed by atoms with Gasteiger partial charge in [-0.05, 0) is 42.2 Å². The van der Waals surface area contributed by atoms with Crippen LogP contribution in [0.25, 0.3) is 0 Å². The van der Waals surface area contributed by atoms with Gasteiger partial charge < -0.3 is 10.4 Å². The van der Waals surface area contributed by atoms with Gasteiger partial charge in [0.15, 0.2) is 0 Å². The summed E-state index contributed by atoms with van der Waals surface area (Å²) in [6, 6.07) is 0. The Morgan fingerprint density at radius 3 is 2.88 bits per heavy atom. The van der Waals surface area contributed by atoms with Crippen molar-refractivity contribution in [1.29, 1.82) is 0 Å². The molecule has 1 atom stereocenters. The molecule has 1 aromatic heterocycles. The number of likely N-dealkylation sites (N-methyl/N-ethyl adjacent to an activating group) is 1. The molecule has 16 heavy (non-hydrogen) atoms. The zero-order valence-electron chi connectivity index (χ0n) is 9.91. The Morgan fingerprint density at radius 2 is 2.38 bits per heavy atom. The molecular formula is C11H20BrN3O. The van der Waals surface area contributed by atoms with E-state index in [1.54, 1.807) is 6.20 Å². The normalized spacial score (nSPS) is 15.0. The lowest BCUT2D eigenvalue weighted by Crippen LogP contribution is -2.45. The van der Waals surface area contributed by atoms with E-state index in [4.69, 9.17) is 0 Å². The molecule has 1 unspecified atom stereocenters. The first-order valence-corrected chi connectivity index (χ1v) is 6.43. The highest BCUT2D eigenvalue weighted by atomic mass is 79.9. The second kappa shape index (κ2) is 6.37. The van der Waals surface area contributed by atoms with Crippen LogP contribution in [0, 0.1) is 0 Å². The number of aryl methyl sites for hydroxylation is 1. The van der Waals surface area contributed by atoms with Crippen molar-refractivity contribution in [3.05, 3.63) is 16.9 Å². The second-order valence-electron chi connectivity index (χ2n) is 4.27.